The topological polar surface area (TPSA) is 90.3 Å². The molecule has 0 fully saturated rings. The summed E-state index contributed by atoms with van der Waals surface area (Å²) >= 11 is 10.4. The van der Waals surface area contributed by atoms with Crippen LogP contribution in [0.3, 0.4) is 0 Å². The molecule has 2 aliphatic heterocycles. The standard InChI is InChI=1S/C17H17N3O3S2.C6H4S4/c1-10(2)19-17-20(12(9-25-17)14-4-3-7-24-14)18-8-11-5-6-13(21)16(23)15(11)22;1-2-8-5(7-1)6-9-3-4-10-6/h3-10,21-23H,1-2H3;1-4H/b18-8+,19-17?;. The summed E-state index contributed by atoms with van der Waals surface area (Å²) in [6.45, 7) is 3.98. The van der Waals surface area contributed by atoms with Gasteiger partial charge in [0.2, 0.25) is 10.6 Å². The molecule has 182 valence electrons. The van der Waals surface area contributed by atoms with Crippen molar-refractivity contribution < 1.29 is 15.3 Å². The molecule has 4 heterocycles. The van der Waals surface area contributed by atoms with Crippen LogP contribution in [0.2, 0.25) is 0 Å². The third-order valence-electron chi connectivity index (χ3n) is 4.28. The molecule has 3 N–H and O–H groups in total. The van der Waals surface area contributed by atoms with Crippen LogP contribution in [0.25, 0.3) is 10.6 Å². The molecule has 0 aliphatic carbocycles. The minimum Gasteiger partial charge on any atom is -0.504 e. The van der Waals surface area contributed by atoms with Gasteiger partial charge in [-0.3, -0.25) is 4.99 Å². The number of rotatable bonds is 4. The van der Waals surface area contributed by atoms with E-state index in [-0.39, 0.29) is 11.8 Å². The summed E-state index contributed by atoms with van der Waals surface area (Å²) in [5.41, 5.74) is 1.19. The van der Waals surface area contributed by atoms with Crippen molar-refractivity contribution in [1.29, 1.82) is 0 Å². The first-order chi connectivity index (χ1) is 16.9. The van der Waals surface area contributed by atoms with E-state index in [9.17, 15) is 15.3 Å². The SMILES string of the molecule is C1=CSC(=C2SC=CS2)S1.CC(C)N=c1scc(-c2cccs2)n1/N=C/c1ccc(O)c(O)c1O. The number of thiophene rings is 1. The Morgan fingerprint density at radius 1 is 0.857 bits per heavy atom. The average Bonchev–Trinajstić information content (AvgIpc) is 3.64. The average molecular weight is 580 g/mol. The summed E-state index contributed by atoms with van der Waals surface area (Å²) in [6, 6.07) is 6.86. The Balaban J connectivity index is 0.000000239. The number of hydrogen-bond acceptors (Lipinski definition) is 11. The third kappa shape index (κ3) is 6.63. The maximum Gasteiger partial charge on any atom is 0.206 e. The van der Waals surface area contributed by atoms with Crippen LogP contribution in [0.15, 0.2) is 75.2 Å². The van der Waals surface area contributed by atoms with E-state index in [1.54, 1.807) is 16.0 Å². The van der Waals surface area contributed by atoms with Gasteiger partial charge in [-0.05, 0) is 59.1 Å². The van der Waals surface area contributed by atoms with Crippen LogP contribution >= 0.6 is 69.7 Å². The van der Waals surface area contributed by atoms with Gasteiger partial charge in [-0.1, -0.05) is 53.1 Å². The first kappa shape index (κ1) is 26.1. The molecule has 2 aliphatic rings. The number of phenolic OH excluding ortho intramolecular Hbond substituents is 3. The number of phenols is 3. The third-order valence-corrected chi connectivity index (χ3v) is 10.8. The molecule has 0 unspecified atom stereocenters. The second kappa shape index (κ2) is 12.3. The molecule has 1 aromatic carbocycles. The Bertz CT molecular complexity index is 1320. The Morgan fingerprint density at radius 2 is 1.51 bits per heavy atom. The predicted molar refractivity (Wildman–Crippen MR) is 156 cm³/mol. The maximum absolute atomic E-state index is 9.95. The molecule has 0 amide bonds. The smallest absolute Gasteiger partial charge is 0.206 e. The zero-order valence-corrected chi connectivity index (χ0v) is 23.5. The van der Waals surface area contributed by atoms with Crippen molar-refractivity contribution >= 4 is 75.9 Å². The largest absolute Gasteiger partial charge is 0.504 e. The second-order valence-corrected chi connectivity index (χ2v) is 13.1. The highest BCUT2D eigenvalue weighted by Gasteiger charge is 2.13. The molecular formula is C23H21N3O3S6. The second-order valence-electron chi connectivity index (χ2n) is 7.12. The zero-order valence-electron chi connectivity index (χ0n) is 18.6. The summed E-state index contributed by atoms with van der Waals surface area (Å²) in [4.78, 5) is 6.36. The van der Waals surface area contributed by atoms with Crippen LogP contribution in [0, 0.1) is 0 Å². The molecule has 0 bridgehead atoms. The molecule has 3 aromatic rings. The van der Waals surface area contributed by atoms with Crippen molar-refractivity contribution in [3.05, 3.63) is 75.5 Å². The predicted octanol–water partition coefficient (Wildman–Crippen LogP) is 7.60. The lowest BCUT2D eigenvalue weighted by molar-refractivity contribution is 0.367. The quantitative estimate of drug-likeness (QED) is 0.217. The normalized spacial score (nSPS) is 15.6. The van der Waals surface area contributed by atoms with Crippen molar-refractivity contribution in [2.24, 2.45) is 10.1 Å². The maximum atomic E-state index is 9.95. The van der Waals surface area contributed by atoms with Gasteiger partial charge >= 0.3 is 0 Å². The molecule has 12 heteroatoms. The van der Waals surface area contributed by atoms with E-state index in [2.05, 4.69) is 31.7 Å². The van der Waals surface area contributed by atoms with Gasteiger partial charge in [0, 0.05) is 17.0 Å². The highest BCUT2D eigenvalue weighted by Crippen LogP contribution is 2.50. The number of aromatic hydroxyl groups is 3. The van der Waals surface area contributed by atoms with E-state index < -0.39 is 11.5 Å². The molecule has 0 spiro atoms. The van der Waals surface area contributed by atoms with Crippen LogP contribution in [-0.2, 0) is 0 Å². The van der Waals surface area contributed by atoms with Crippen molar-refractivity contribution in [3.8, 4) is 27.8 Å². The van der Waals surface area contributed by atoms with E-state index in [4.69, 9.17) is 0 Å². The van der Waals surface area contributed by atoms with E-state index in [0.717, 1.165) is 15.4 Å². The van der Waals surface area contributed by atoms with E-state index in [1.807, 2.05) is 83.8 Å². The van der Waals surface area contributed by atoms with Gasteiger partial charge in [-0.15, -0.1) is 22.7 Å². The summed E-state index contributed by atoms with van der Waals surface area (Å²) in [7, 11) is 0. The molecule has 6 nitrogen and oxygen atoms in total. The summed E-state index contributed by atoms with van der Waals surface area (Å²) in [5, 5.41) is 45.9. The van der Waals surface area contributed by atoms with Gasteiger partial charge < -0.3 is 15.3 Å². The van der Waals surface area contributed by atoms with Gasteiger partial charge in [-0.25, -0.2) is 4.68 Å². The molecule has 2 aromatic heterocycles. The highest BCUT2D eigenvalue weighted by molar-refractivity contribution is 8.33. The van der Waals surface area contributed by atoms with Crippen LogP contribution in [0.1, 0.15) is 19.4 Å². The number of nitrogens with zero attached hydrogens (tertiary/aromatic N) is 3. The van der Waals surface area contributed by atoms with Gasteiger partial charge in [0.15, 0.2) is 11.5 Å². The van der Waals surface area contributed by atoms with E-state index in [0.29, 0.717) is 5.56 Å². The van der Waals surface area contributed by atoms with E-state index >= 15 is 0 Å². The molecule has 0 saturated heterocycles. The number of benzene rings is 1. The van der Waals surface area contributed by atoms with Crippen molar-refractivity contribution in [3.63, 3.8) is 0 Å². The molecule has 5 rings (SSSR count). The lowest BCUT2D eigenvalue weighted by Gasteiger charge is -2.05. The molecular weight excluding hydrogens is 559 g/mol. The summed E-state index contributed by atoms with van der Waals surface area (Å²) in [6.07, 6.45) is 1.43. The number of aromatic nitrogens is 1. The fourth-order valence-corrected chi connectivity index (χ4v) is 8.53. The minimum atomic E-state index is -0.565. The Hall–Kier alpha value is -1.96. The Morgan fingerprint density at radius 3 is 2.09 bits per heavy atom. The van der Waals surface area contributed by atoms with Gasteiger partial charge in [0.05, 0.1) is 25.3 Å². The first-order valence-electron chi connectivity index (χ1n) is 10.2. The number of hydrogen-bond donors (Lipinski definition) is 3. The number of thioether (sulfide) groups is 4. The van der Waals surface area contributed by atoms with Crippen LogP contribution < -0.4 is 4.80 Å². The fraction of sp³-hybridized carbons (Fsp3) is 0.130. The van der Waals surface area contributed by atoms with E-state index in [1.165, 1.54) is 38.2 Å². The molecule has 0 atom stereocenters. The van der Waals surface area contributed by atoms with Gasteiger partial charge in [-0.2, -0.15) is 5.10 Å². The number of thiazole rings is 1. The van der Waals surface area contributed by atoms with Crippen molar-refractivity contribution in [2.45, 2.75) is 19.9 Å². The highest BCUT2D eigenvalue weighted by atomic mass is 32.2. The molecule has 0 saturated carbocycles. The Labute approximate surface area is 227 Å². The van der Waals surface area contributed by atoms with Gasteiger partial charge in [0.1, 0.15) is 0 Å². The Kier molecular flexibility index (Phi) is 9.20. The molecule has 0 radical (unpaired) electrons. The monoisotopic (exact) mass is 579 g/mol. The van der Waals surface area contributed by atoms with Crippen molar-refractivity contribution in [2.75, 3.05) is 0 Å². The van der Waals surface area contributed by atoms with Crippen LogP contribution in [0.5, 0.6) is 17.2 Å². The molecule has 35 heavy (non-hydrogen) atoms. The minimum absolute atomic E-state index is 0.113. The van der Waals surface area contributed by atoms with Crippen molar-refractivity contribution in [1.82, 2.24) is 4.68 Å². The van der Waals surface area contributed by atoms with Crippen LogP contribution in [0.4, 0.5) is 0 Å². The summed E-state index contributed by atoms with van der Waals surface area (Å²) < 4.78 is 4.57. The zero-order chi connectivity index (χ0) is 24.8. The van der Waals surface area contributed by atoms with Crippen LogP contribution in [-0.4, -0.2) is 32.3 Å². The lowest BCUT2D eigenvalue weighted by atomic mass is 10.2. The fourth-order valence-electron chi connectivity index (χ4n) is 2.73. The summed E-state index contributed by atoms with van der Waals surface area (Å²) in [5.74, 6) is -1.36. The lowest BCUT2D eigenvalue weighted by Crippen LogP contribution is -2.14. The first-order valence-corrected chi connectivity index (χ1v) is 15.5. The van der Waals surface area contributed by atoms with Gasteiger partial charge in [0.25, 0.3) is 0 Å².